The van der Waals surface area contributed by atoms with Gasteiger partial charge in [0, 0.05) is 11.3 Å². The molecule has 0 spiro atoms. The molecule has 0 saturated heterocycles. The van der Waals surface area contributed by atoms with E-state index in [1.807, 2.05) is 12.1 Å². The highest BCUT2D eigenvalue weighted by molar-refractivity contribution is 5.90. The maximum atomic E-state index is 6.27. The molecule has 2 aromatic rings. The summed E-state index contributed by atoms with van der Waals surface area (Å²) in [6, 6.07) is 15.3. The van der Waals surface area contributed by atoms with E-state index in [1.54, 1.807) is 0 Å². The average Bonchev–Trinajstić information content (AvgIpc) is 3.34. The zero-order chi connectivity index (χ0) is 17.6. The van der Waals surface area contributed by atoms with Crippen molar-refractivity contribution in [3.05, 3.63) is 89.0 Å². The van der Waals surface area contributed by atoms with Gasteiger partial charge in [-0.3, -0.25) is 0 Å². The highest BCUT2D eigenvalue weighted by Gasteiger charge is 2.47. The van der Waals surface area contributed by atoms with Crippen molar-refractivity contribution in [3.8, 4) is 0 Å². The lowest BCUT2D eigenvalue weighted by Gasteiger charge is -2.12. The minimum Gasteiger partial charge on any atom is -0.398 e. The third-order valence-corrected chi connectivity index (χ3v) is 5.61. The van der Waals surface area contributed by atoms with Crippen molar-refractivity contribution < 1.29 is 0 Å². The SMILES string of the molecule is C=C/C(=C1\C=C(c2ccc(CC)cc2)C2CC12)c1cc(C)ccc1N. The van der Waals surface area contributed by atoms with Crippen molar-refractivity contribution in [2.45, 2.75) is 26.7 Å². The van der Waals surface area contributed by atoms with Crippen LogP contribution in [0.4, 0.5) is 5.69 Å². The Balaban J connectivity index is 1.79. The average molecular weight is 327 g/mol. The molecule has 1 heteroatoms. The molecule has 0 aliphatic heterocycles. The van der Waals surface area contributed by atoms with Crippen LogP contribution < -0.4 is 5.73 Å². The van der Waals surface area contributed by atoms with Gasteiger partial charge in [-0.05, 0) is 71.6 Å². The number of hydrogen-bond acceptors (Lipinski definition) is 1. The molecule has 1 nitrogen and oxygen atoms in total. The summed E-state index contributed by atoms with van der Waals surface area (Å²) in [5, 5.41) is 0. The monoisotopic (exact) mass is 327 g/mol. The van der Waals surface area contributed by atoms with Gasteiger partial charge in [-0.1, -0.05) is 61.5 Å². The Kier molecular flexibility index (Phi) is 3.88. The quantitative estimate of drug-likeness (QED) is 0.704. The number of hydrogen-bond donors (Lipinski definition) is 1. The molecule has 2 atom stereocenters. The van der Waals surface area contributed by atoms with Gasteiger partial charge in [0.25, 0.3) is 0 Å². The summed E-state index contributed by atoms with van der Waals surface area (Å²) in [4.78, 5) is 0. The molecule has 4 rings (SSSR count). The molecular weight excluding hydrogens is 302 g/mol. The van der Waals surface area contributed by atoms with Crippen LogP contribution in [0.15, 0.2) is 66.8 Å². The lowest BCUT2D eigenvalue weighted by Crippen LogP contribution is -1.96. The Morgan fingerprint density at radius 1 is 1.16 bits per heavy atom. The van der Waals surface area contributed by atoms with Gasteiger partial charge in [0.2, 0.25) is 0 Å². The Bertz CT molecular complexity index is 896. The molecule has 2 aliphatic rings. The van der Waals surface area contributed by atoms with Gasteiger partial charge in [-0.15, -0.1) is 0 Å². The van der Waals surface area contributed by atoms with Gasteiger partial charge in [0.1, 0.15) is 0 Å². The summed E-state index contributed by atoms with van der Waals surface area (Å²) in [6.07, 6.45) is 6.71. The third-order valence-electron chi connectivity index (χ3n) is 5.61. The molecule has 25 heavy (non-hydrogen) atoms. The topological polar surface area (TPSA) is 26.0 Å². The van der Waals surface area contributed by atoms with Gasteiger partial charge >= 0.3 is 0 Å². The molecule has 2 N–H and O–H groups in total. The summed E-state index contributed by atoms with van der Waals surface area (Å²) in [5.41, 5.74) is 16.3. The first-order valence-corrected chi connectivity index (χ1v) is 9.16. The second-order valence-electron chi connectivity index (χ2n) is 7.26. The van der Waals surface area contributed by atoms with Gasteiger partial charge < -0.3 is 5.73 Å². The molecule has 1 saturated carbocycles. The minimum atomic E-state index is 0.633. The summed E-state index contributed by atoms with van der Waals surface area (Å²) in [6.45, 7) is 8.39. The van der Waals surface area contributed by atoms with Gasteiger partial charge in [0.05, 0.1) is 0 Å². The second-order valence-corrected chi connectivity index (χ2v) is 7.26. The molecule has 126 valence electrons. The van der Waals surface area contributed by atoms with E-state index >= 15 is 0 Å². The van der Waals surface area contributed by atoms with Crippen LogP contribution in [0.1, 0.15) is 35.6 Å². The first-order valence-electron chi connectivity index (χ1n) is 9.16. The van der Waals surface area contributed by atoms with Crippen LogP contribution in [0, 0.1) is 18.8 Å². The van der Waals surface area contributed by atoms with Gasteiger partial charge in [-0.2, -0.15) is 0 Å². The van der Waals surface area contributed by atoms with Crippen molar-refractivity contribution in [3.63, 3.8) is 0 Å². The van der Waals surface area contributed by atoms with E-state index in [9.17, 15) is 0 Å². The minimum absolute atomic E-state index is 0.633. The van der Waals surface area contributed by atoms with Crippen molar-refractivity contribution in [2.75, 3.05) is 5.73 Å². The second kappa shape index (κ2) is 6.07. The van der Waals surface area contributed by atoms with Crippen LogP contribution in [-0.2, 0) is 6.42 Å². The number of nitrogen functional groups attached to an aromatic ring is 1. The number of rotatable bonds is 4. The maximum absolute atomic E-state index is 6.27. The number of allylic oxidation sites excluding steroid dienone is 5. The largest absolute Gasteiger partial charge is 0.398 e. The van der Waals surface area contributed by atoms with Crippen molar-refractivity contribution in [2.24, 2.45) is 11.8 Å². The predicted octanol–water partition coefficient (Wildman–Crippen LogP) is 5.81. The van der Waals surface area contributed by atoms with Crippen LogP contribution in [-0.4, -0.2) is 0 Å². The molecule has 0 aromatic heterocycles. The van der Waals surface area contributed by atoms with Crippen LogP contribution in [0.2, 0.25) is 0 Å². The van der Waals surface area contributed by atoms with E-state index in [-0.39, 0.29) is 0 Å². The maximum Gasteiger partial charge on any atom is 0.0394 e. The fourth-order valence-corrected chi connectivity index (χ4v) is 4.06. The highest BCUT2D eigenvalue weighted by atomic mass is 14.6. The van der Waals surface area contributed by atoms with Crippen LogP contribution >= 0.6 is 0 Å². The molecule has 2 aromatic carbocycles. The van der Waals surface area contributed by atoms with Crippen LogP contribution in [0.25, 0.3) is 11.1 Å². The smallest absolute Gasteiger partial charge is 0.0394 e. The number of nitrogens with two attached hydrogens (primary N) is 1. The molecule has 0 radical (unpaired) electrons. The highest BCUT2D eigenvalue weighted by Crippen LogP contribution is 2.59. The molecular formula is C24H25N. The van der Waals surface area contributed by atoms with Crippen molar-refractivity contribution in [1.82, 2.24) is 0 Å². The Labute approximate surface area is 150 Å². The van der Waals surface area contributed by atoms with Gasteiger partial charge in [0.15, 0.2) is 0 Å². The van der Waals surface area contributed by atoms with Crippen molar-refractivity contribution in [1.29, 1.82) is 0 Å². The normalized spacial score (nSPS) is 23.0. The molecule has 0 bridgehead atoms. The Hall–Kier alpha value is -2.54. The van der Waals surface area contributed by atoms with Crippen molar-refractivity contribution >= 4 is 16.8 Å². The number of fused-ring (bicyclic) bond motifs is 1. The first kappa shape index (κ1) is 16.0. The van der Waals surface area contributed by atoms with Crippen LogP contribution in [0.5, 0.6) is 0 Å². The Morgan fingerprint density at radius 3 is 2.60 bits per heavy atom. The lowest BCUT2D eigenvalue weighted by atomic mass is 9.94. The van der Waals surface area contributed by atoms with E-state index in [0.29, 0.717) is 11.8 Å². The predicted molar refractivity (Wildman–Crippen MR) is 108 cm³/mol. The summed E-state index contributed by atoms with van der Waals surface area (Å²) in [7, 11) is 0. The number of benzene rings is 2. The molecule has 1 fully saturated rings. The zero-order valence-electron chi connectivity index (χ0n) is 15.0. The van der Waals surface area contributed by atoms with E-state index in [4.69, 9.17) is 5.73 Å². The first-order chi connectivity index (χ1) is 12.1. The van der Waals surface area contributed by atoms with Crippen LogP contribution in [0.3, 0.4) is 0 Å². The molecule has 2 unspecified atom stereocenters. The number of aryl methyl sites for hydroxylation is 2. The fourth-order valence-electron chi connectivity index (χ4n) is 4.06. The molecule has 0 amide bonds. The summed E-state index contributed by atoms with van der Waals surface area (Å²) in [5.74, 6) is 1.30. The lowest BCUT2D eigenvalue weighted by molar-refractivity contribution is 1.01. The number of anilines is 1. The summed E-state index contributed by atoms with van der Waals surface area (Å²) >= 11 is 0. The Morgan fingerprint density at radius 2 is 1.92 bits per heavy atom. The third kappa shape index (κ3) is 2.74. The summed E-state index contributed by atoms with van der Waals surface area (Å²) < 4.78 is 0. The van der Waals surface area contributed by atoms with E-state index in [1.165, 1.54) is 39.8 Å². The van der Waals surface area contributed by atoms with E-state index < -0.39 is 0 Å². The zero-order valence-corrected chi connectivity index (χ0v) is 15.0. The van der Waals surface area contributed by atoms with Gasteiger partial charge in [-0.25, -0.2) is 0 Å². The molecule has 2 aliphatic carbocycles. The molecule has 0 heterocycles. The fraction of sp³-hybridized carbons (Fsp3) is 0.250. The standard InChI is InChI=1S/C24H25N/c1-4-16-7-9-17(10-8-16)19-13-20(22-14-21(19)22)18(5-2)23-12-15(3)6-11-24(23)25/h5-13,21-22H,2,4,14,25H2,1,3H3/b20-18-. The van der Waals surface area contributed by atoms with E-state index in [2.05, 4.69) is 62.9 Å². The van der Waals surface area contributed by atoms with E-state index in [0.717, 1.165) is 17.7 Å².